The summed E-state index contributed by atoms with van der Waals surface area (Å²) < 4.78 is 1.50. The number of aromatic nitrogens is 8. The number of fused-ring (bicyclic) bond motifs is 2. The lowest BCUT2D eigenvalue weighted by Crippen LogP contribution is -2.15. The Morgan fingerprint density at radius 2 is 2.10 bits per heavy atom. The zero-order valence-electron chi connectivity index (χ0n) is 9.93. The first kappa shape index (κ1) is 10.6. The van der Waals surface area contributed by atoms with Crippen molar-refractivity contribution < 1.29 is 0 Å². The maximum Gasteiger partial charge on any atom is 0.280 e. The van der Waals surface area contributed by atoms with E-state index >= 15 is 0 Å². The van der Waals surface area contributed by atoms with Crippen LogP contribution in [0.15, 0.2) is 29.8 Å². The third kappa shape index (κ3) is 1.32. The maximum atomic E-state index is 11.7. The molecule has 0 saturated heterocycles. The van der Waals surface area contributed by atoms with Gasteiger partial charge in [-0.1, -0.05) is 0 Å². The molecule has 0 aliphatic carbocycles. The Labute approximate surface area is 109 Å². The minimum Gasteiger partial charge on any atom is -0.369 e. The van der Waals surface area contributed by atoms with Crippen LogP contribution in [0, 0.1) is 0 Å². The van der Waals surface area contributed by atoms with Gasteiger partial charge in [-0.2, -0.15) is 14.8 Å². The van der Waals surface area contributed by atoms with E-state index in [9.17, 15) is 4.79 Å². The Morgan fingerprint density at radius 3 is 3.00 bits per heavy atom. The quantitative estimate of drug-likeness (QED) is 0.459. The van der Waals surface area contributed by atoms with Gasteiger partial charge < -0.3 is 5.73 Å². The van der Waals surface area contributed by atoms with Crippen molar-refractivity contribution in [1.82, 2.24) is 39.5 Å². The molecule has 0 aliphatic rings. The van der Waals surface area contributed by atoms with Crippen LogP contribution in [0.25, 0.3) is 22.2 Å². The van der Waals surface area contributed by atoms with Gasteiger partial charge in [0.1, 0.15) is 12.7 Å². The Bertz CT molecular complexity index is 995. The Balaban J connectivity index is 2.10. The number of aromatic amines is 1. The van der Waals surface area contributed by atoms with Crippen LogP contribution in [-0.2, 0) is 0 Å². The van der Waals surface area contributed by atoms with Crippen LogP contribution >= 0.6 is 0 Å². The van der Waals surface area contributed by atoms with Crippen molar-refractivity contribution >= 4 is 28.1 Å². The van der Waals surface area contributed by atoms with E-state index in [0.29, 0.717) is 11.3 Å². The Kier molecular flexibility index (Phi) is 1.91. The number of nitrogen functional groups attached to an aromatic ring is 1. The average molecular weight is 269 g/mol. The van der Waals surface area contributed by atoms with Gasteiger partial charge in [0, 0.05) is 6.20 Å². The van der Waals surface area contributed by atoms with E-state index in [2.05, 4.69) is 30.0 Å². The van der Waals surface area contributed by atoms with E-state index in [1.807, 2.05) is 0 Å². The molecule has 0 aliphatic heterocycles. The summed E-state index contributed by atoms with van der Waals surface area (Å²) in [5.74, 6) is 0.00957. The molecule has 10 nitrogen and oxygen atoms in total. The van der Waals surface area contributed by atoms with E-state index in [-0.39, 0.29) is 11.5 Å². The molecule has 98 valence electrons. The van der Waals surface area contributed by atoms with Crippen molar-refractivity contribution in [3.05, 3.63) is 35.4 Å². The summed E-state index contributed by atoms with van der Waals surface area (Å²) in [6.45, 7) is 0. The molecule has 0 spiro atoms. The fourth-order valence-electron chi connectivity index (χ4n) is 1.98. The second-order valence-electron chi connectivity index (χ2n) is 4.05. The van der Waals surface area contributed by atoms with Gasteiger partial charge in [0.2, 0.25) is 5.95 Å². The SMILES string of the molecule is Nc1nc2c(ncn2-n2ncc3cncnc32)c(=O)[nH]1. The van der Waals surface area contributed by atoms with E-state index in [1.54, 1.807) is 12.4 Å². The summed E-state index contributed by atoms with van der Waals surface area (Å²) in [6, 6.07) is 0. The number of rotatable bonds is 1. The zero-order valence-corrected chi connectivity index (χ0v) is 9.93. The molecule has 0 fully saturated rings. The summed E-state index contributed by atoms with van der Waals surface area (Å²) in [5.41, 5.74) is 6.20. The van der Waals surface area contributed by atoms with Gasteiger partial charge in [-0.05, 0) is 0 Å². The summed E-state index contributed by atoms with van der Waals surface area (Å²) in [4.78, 5) is 31.8. The second kappa shape index (κ2) is 3.60. The van der Waals surface area contributed by atoms with E-state index < -0.39 is 5.56 Å². The molecule has 0 saturated carbocycles. The van der Waals surface area contributed by atoms with Crippen LogP contribution in [0.1, 0.15) is 0 Å². The van der Waals surface area contributed by atoms with Crippen molar-refractivity contribution in [2.45, 2.75) is 0 Å². The van der Waals surface area contributed by atoms with Crippen LogP contribution in [-0.4, -0.2) is 39.5 Å². The highest BCUT2D eigenvalue weighted by molar-refractivity contribution is 5.75. The lowest BCUT2D eigenvalue weighted by atomic mass is 10.4. The molecular weight excluding hydrogens is 262 g/mol. The standard InChI is InChI=1S/C10H7N9O/c11-10-16-8-6(9(20)17-10)14-4-18(8)19-7-5(2-15-19)1-12-3-13-7/h1-4H,(H3,11,16,17,20). The smallest absolute Gasteiger partial charge is 0.280 e. The molecule has 4 aromatic heterocycles. The first-order chi connectivity index (χ1) is 9.74. The summed E-state index contributed by atoms with van der Waals surface area (Å²) in [5, 5.41) is 4.95. The molecule has 20 heavy (non-hydrogen) atoms. The van der Waals surface area contributed by atoms with E-state index in [1.165, 1.54) is 22.1 Å². The Hall–Kier alpha value is -3.30. The van der Waals surface area contributed by atoms with Crippen LogP contribution in [0.2, 0.25) is 0 Å². The number of hydrogen-bond donors (Lipinski definition) is 2. The normalized spacial score (nSPS) is 11.4. The van der Waals surface area contributed by atoms with Gasteiger partial charge in [-0.15, -0.1) is 4.79 Å². The van der Waals surface area contributed by atoms with Crippen LogP contribution in [0.5, 0.6) is 0 Å². The predicted octanol–water partition coefficient (Wildman–Crippen LogP) is -0.847. The molecule has 3 N–H and O–H groups in total. The molecule has 0 unspecified atom stereocenters. The Morgan fingerprint density at radius 1 is 1.20 bits per heavy atom. The highest BCUT2D eigenvalue weighted by Gasteiger charge is 2.13. The first-order valence-corrected chi connectivity index (χ1v) is 5.61. The molecule has 0 atom stereocenters. The highest BCUT2D eigenvalue weighted by atomic mass is 16.1. The van der Waals surface area contributed by atoms with Gasteiger partial charge >= 0.3 is 0 Å². The molecule has 0 amide bonds. The topological polar surface area (TPSA) is 133 Å². The monoisotopic (exact) mass is 269 g/mol. The fraction of sp³-hybridized carbons (Fsp3) is 0. The lowest BCUT2D eigenvalue weighted by Gasteiger charge is -2.03. The number of imidazole rings is 1. The largest absolute Gasteiger partial charge is 0.369 e. The second-order valence-corrected chi connectivity index (χ2v) is 4.05. The lowest BCUT2D eigenvalue weighted by molar-refractivity contribution is 0.602. The molecule has 4 aromatic rings. The molecular formula is C10H7N9O. The maximum absolute atomic E-state index is 11.7. The van der Waals surface area contributed by atoms with Crippen molar-refractivity contribution in [3.63, 3.8) is 0 Å². The number of anilines is 1. The number of H-pyrrole nitrogens is 1. The van der Waals surface area contributed by atoms with E-state index in [4.69, 9.17) is 5.73 Å². The highest BCUT2D eigenvalue weighted by Crippen LogP contribution is 2.12. The molecule has 4 rings (SSSR count). The van der Waals surface area contributed by atoms with Crippen molar-refractivity contribution in [1.29, 1.82) is 0 Å². The molecule has 4 heterocycles. The van der Waals surface area contributed by atoms with Crippen LogP contribution < -0.4 is 11.3 Å². The third-order valence-corrected chi connectivity index (χ3v) is 2.83. The van der Waals surface area contributed by atoms with Gasteiger partial charge in [0.25, 0.3) is 5.56 Å². The first-order valence-electron chi connectivity index (χ1n) is 5.61. The zero-order chi connectivity index (χ0) is 13.7. The van der Waals surface area contributed by atoms with Gasteiger partial charge in [-0.3, -0.25) is 9.78 Å². The van der Waals surface area contributed by atoms with Crippen molar-refractivity contribution in [2.75, 3.05) is 5.73 Å². The summed E-state index contributed by atoms with van der Waals surface area (Å²) in [7, 11) is 0. The van der Waals surface area contributed by atoms with Crippen molar-refractivity contribution in [2.24, 2.45) is 0 Å². The number of hydrogen-bond acceptors (Lipinski definition) is 7. The fourth-order valence-corrected chi connectivity index (χ4v) is 1.98. The molecule has 10 heteroatoms. The number of nitrogens with zero attached hydrogens (tertiary/aromatic N) is 7. The van der Waals surface area contributed by atoms with Gasteiger partial charge in [0.15, 0.2) is 16.8 Å². The molecule has 0 aromatic carbocycles. The van der Waals surface area contributed by atoms with Crippen LogP contribution in [0.4, 0.5) is 5.95 Å². The predicted molar refractivity (Wildman–Crippen MR) is 68.7 cm³/mol. The minimum absolute atomic E-state index is 0.00957. The number of nitrogens with two attached hydrogens (primary N) is 1. The minimum atomic E-state index is -0.405. The number of nitrogens with one attached hydrogen (secondary N) is 1. The molecule has 0 radical (unpaired) electrons. The van der Waals surface area contributed by atoms with Crippen molar-refractivity contribution in [3.8, 4) is 0 Å². The summed E-state index contributed by atoms with van der Waals surface area (Å²) >= 11 is 0. The third-order valence-electron chi connectivity index (χ3n) is 2.83. The van der Waals surface area contributed by atoms with Gasteiger partial charge in [0.05, 0.1) is 11.6 Å². The van der Waals surface area contributed by atoms with Gasteiger partial charge in [-0.25, -0.2) is 15.0 Å². The van der Waals surface area contributed by atoms with Crippen LogP contribution in [0.3, 0.4) is 0 Å². The summed E-state index contributed by atoms with van der Waals surface area (Å²) in [6.07, 6.45) is 6.09. The average Bonchev–Trinajstić information content (AvgIpc) is 3.02. The molecule has 0 bridgehead atoms. The van der Waals surface area contributed by atoms with E-state index in [0.717, 1.165) is 5.39 Å².